The van der Waals surface area contributed by atoms with Crippen LogP contribution in [0.1, 0.15) is 22.5 Å². The van der Waals surface area contributed by atoms with Gasteiger partial charge in [-0.05, 0) is 0 Å². The molecule has 0 saturated carbocycles. The van der Waals surface area contributed by atoms with Gasteiger partial charge in [0.15, 0.2) is 10.7 Å². The van der Waals surface area contributed by atoms with Crippen LogP contribution in [0.25, 0.3) is 0 Å². The third-order valence-corrected chi connectivity index (χ3v) is 4.34. The molecule has 1 aliphatic heterocycles. The van der Waals surface area contributed by atoms with Gasteiger partial charge in [-0.3, -0.25) is 4.79 Å². The number of thiazole rings is 1. The average Bonchev–Trinajstić information content (AvgIpc) is 2.86. The lowest BCUT2D eigenvalue weighted by Gasteiger charge is -2.38. The lowest BCUT2D eigenvalue weighted by molar-refractivity contribution is -0.271. The number of anilines is 1. The summed E-state index contributed by atoms with van der Waals surface area (Å²) in [6.45, 7) is -0.247. The maximum Gasteiger partial charge on any atom is 0.417 e. The third kappa shape index (κ3) is 2.73. The molecule has 0 bridgehead atoms. The quantitative estimate of drug-likeness (QED) is 0.873. The van der Waals surface area contributed by atoms with Gasteiger partial charge in [-0.2, -0.15) is 13.2 Å². The first-order valence-electron chi connectivity index (χ1n) is 5.99. The van der Waals surface area contributed by atoms with Crippen LogP contribution in [-0.2, 0) is 0 Å². The zero-order valence-corrected chi connectivity index (χ0v) is 11.5. The van der Waals surface area contributed by atoms with E-state index in [0.29, 0.717) is 10.0 Å². The van der Waals surface area contributed by atoms with E-state index in [-0.39, 0.29) is 19.0 Å². The Labute approximate surface area is 117 Å². The van der Waals surface area contributed by atoms with Crippen molar-refractivity contribution in [2.45, 2.75) is 24.6 Å². The number of amides is 1. The molecular weight excluding hydrogens is 295 g/mol. The zero-order chi connectivity index (χ0) is 15.0. The molecule has 0 aromatic carbocycles. The molecule has 1 fully saturated rings. The molecule has 1 saturated heterocycles. The number of halogens is 3. The zero-order valence-electron chi connectivity index (χ0n) is 10.7. The molecule has 0 radical (unpaired) electrons. The van der Waals surface area contributed by atoms with Crippen LogP contribution in [0.5, 0.6) is 0 Å². The molecule has 112 valence electrons. The van der Waals surface area contributed by atoms with Gasteiger partial charge >= 0.3 is 6.18 Å². The van der Waals surface area contributed by atoms with Gasteiger partial charge < -0.3 is 15.3 Å². The Morgan fingerprint density at radius 1 is 1.50 bits per heavy atom. The van der Waals surface area contributed by atoms with Crippen molar-refractivity contribution in [1.29, 1.82) is 0 Å². The first kappa shape index (κ1) is 15.0. The Morgan fingerprint density at radius 3 is 2.55 bits per heavy atom. The molecule has 1 aromatic heterocycles. The second-order valence-electron chi connectivity index (χ2n) is 4.60. The van der Waals surface area contributed by atoms with Gasteiger partial charge in [0.05, 0.1) is 6.20 Å². The standard InChI is InChI=1S/C11H14F3N3O2S/c1-15-9-16-6-7(20-9)8(18)17-4-2-10(19,3-5-17)11(12,13)14/h6,19H,2-5H2,1H3,(H,15,16). The predicted molar refractivity (Wildman–Crippen MR) is 67.8 cm³/mol. The van der Waals surface area contributed by atoms with Crippen LogP contribution in [0.2, 0.25) is 0 Å². The molecule has 1 aromatic rings. The molecule has 0 atom stereocenters. The highest BCUT2D eigenvalue weighted by Crippen LogP contribution is 2.38. The van der Waals surface area contributed by atoms with Crippen LogP contribution in [0, 0.1) is 0 Å². The molecule has 1 amide bonds. The largest absolute Gasteiger partial charge is 0.417 e. The van der Waals surface area contributed by atoms with Gasteiger partial charge in [0.2, 0.25) is 0 Å². The summed E-state index contributed by atoms with van der Waals surface area (Å²) < 4.78 is 38.0. The number of nitrogens with one attached hydrogen (secondary N) is 1. The van der Waals surface area contributed by atoms with Crippen molar-refractivity contribution in [3.63, 3.8) is 0 Å². The van der Waals surface area contributed by atoms with Crippen molar-refractivity contribution in [2.75, 3.05) is 25.5 Å². The van der Waals surface area contributed by atoms with Gasteiger partial charge in [0.1, 0.15) is 4.88 Å². The summed E-state index contributed by atoms with van der Waals surface area (Å²) in [7, 11) is 1.66. The highest BCUT2D eigenvalue weighted by molar-refractivity contribution is 7.17. The summed E-state index contributed by atoms with van der Waals surface area (Å²) in [5.41, 5.74) is -2.69. The Kier molecular flexibility index (Phi) is 3.92. The van der Waals surface area contributed by atoms with Gasteiger partial charge in [-0.1, -0.05) is 11.3 Å². The maximum absolute atomic E-state index is 12.7. The summed E-state index contributed by atoms with van der Waals surface area (Å²) in [5.74, 6) is -0.353. The minimum Gasteiger partial charge on any atom is -0.380 e. The third-order valence-electron chi connectivity index (χ3n) is 3.34. The fraction of sp³-hybridized carbons (Fsp3) is 0.636. The number of piperidine rings is 1. The predicted octanol–water partition coefficient (Wildman–Crippen LogP) is 1.71. The summed E-state index contributed by atoms with van der Waals surface area (Å²) >= 11 is 1.14. The number of rotatable bonds is 2. The van der Waals surface area contributed by atoms with Crippen molar-refractivity contribution in [2.24, 2.45) is 0 Å². The maximum atomic E-state index is 12.7. The van der Waals surface area contributed by atoms with Crippen molar-refractivity contribution < 1.29 is 23.1 Å². The van der Waals surface area contributed by atoms with Crippen LogP contribution < -0.4 is 5.32 Å². The molecule has 5 nitrogen and oxygen atoms in total. The van der Waals surface area contributed by atoms with Crippen molar-refractivity contribution >= 4 is 22.4 Å². The summed E-state index contributed by atoms with van der Waals surface area (Å²) in [6.07, 6.45) is -4.27. The first-order chi connectivity index (χ1) is 9.27. The molecule has 20 heavy (non-hydrogen) atoms. The molecule has 9 heteroatoms. The van der Waals surface area contributed by atoms with E-state index in [9.17, 15) is 23.1 Å². The Hall–Kier alpha value is -1.35. The number of aliphatic hydroxyl groups is 1. The molecule has 2 N–H and O–H groups in total. The van der Waals surface area contributed by atoms with Crippen LogP contribution in [0.15, 0.2) is 6.20 Å². The van der Waals surface area contributed by atoms with E-state index in [1.54, 1.807) is 7.05 Å². The number of hydrogen-bond acceptors (Lipinski definition) is 5. The molecule has 0 aliphatic carbocycles. The minimum absolute atomic E-state index is 0.123. The van der Waals surface area contributed by atoms with Crippen molar-refractivity contribution in [3.05, 3.63) is 11.1 Å². The fourth-order valence-electron chi connectivity index (χ4n) is 2.01. The SMILES string of the molecule is CNc1ncc(C(=O)N2CCC(O)(C(F)(F)F)CC2)s1. The van der Waals surface area contributed by atoms with E-state index in [2.05, 4.69) is 10.3 Å². The number of aromatic nitrogens is 1. The fourth-order valence-corrected chi connectivity index (χ4v) is 2.75. The van der Waals surface area contributed by atoms with Crippen LogP contribution in [0.4, 0.5) is 18.3 Å². The number of alkyl halides is 3. The summed E-state index contributed by atoms with van der Waals surface area (Å²) in [5, 5.41) is 12.9. The smallest absolute Gasteiger partial charge is 0.380 e. The van der Waals surface area contributed by atoms with E-state index >= 15 is 0 Å². The van der Waals surface area contributed by atoms with Crippen LogP contribution >= 0.6 is 11.3 Å². The topological polar surface area (TPSA) is 65.5 Å². The summed E-state index contributed by atoms with van der Waals surface area (Å²) in [4.78, 5) is 17.7. The number of nitrogens with zero attached hydrogens (tertiary/aromatic N) is 2. The highest BCUT2D eigenvalue weighted by atomic mass is 32.1. The Bertz CT molecular complexity index is 495. The Balaban J connectivity index is 2.02. The number of carbonyl (C=O) groups is 1. The van der Waals surface area contributed by atoms with E-state index < -0.39 is 24.6 Å². The molecule has 0 spiro atoms. The normalized spacial score (nSPS) is 18.9. The Morgan fingerprint density at radius 2 is 2.10 bits per heavy atom. The van der Waals surface area contributed by atoms with Crippen molar-refractivity contribution in [3.8, 4) is 0 Å². The van der Waals surface area contributed by atoms with Crippen LogP contribution in [0.3, 0.4) is 0 Å². The van der Waals surface area contributed by atoms with Crippen molar-refractivity contribution in [1.82, 2.24) is 9.88 Å². The molecule has 2 rings (SSSR count). The van der Waals surface area contributed by atoms with Gasteiger partial charge in [-0.25, -0.2) is 4.98 Å². The number of carbonyl (C=O) groups excluding carboxylic acids is 1. The number of hydrogen-bond donors (Lipinski definition) is 2. The second kappa shape index (κ2) is 5.21. The van der Waals surface area contributed by atoms with E-state index in [1.165, 1.54) is 11.1 Å². The summed E-state index contributed by atoms with van der Waals surface area (Å²) in [6, 6.07) is 0. The molecule has 2 heterocycles. The van der Waals surface area contributed by atoms with E-state index in [0.717, 1.165) is 11.3 Å². The monoisotopic (exact) mass is 309 g/mol. The molecule has 1 aliphatic rings. The highest BCUT2D eigenvalue weighted by Gasteiger charge is 2.54. The first-order valence-corrected chi connectivity index (χ1v) is 6.80. The van der Waals surface area contributed by atoms with E-state index in [4.69, 9.17) is 0 Å². The van der Waals surface area contributed by atoms with Gasteiger partial charge in [0, 0.05) is 33.0 Å². The van der Waals surface area contributed by atoms with Gasteiger partial charge in [-0.15, -0.1) is 0 Å². The van der Waals surface area contributed by atoms with Gasteiger partial charge in [0.25, 0.3) is 5.91 Å². The second-order valence-corrected chi connectivity index (χ2v) is 5.63. The lowest BCUT2D eigenvalue weighted by Crippen LogP contribution is -2.54. The minimum atomic E-state index is -4.66. The lowest BCUT2D eigenvalue weighted by atomic mass is 9.91. The average molecular weight is 309 g/mol. The van der Waals surface area contributed by atoms with Crippen LogP contribution in [-0.4, -0.2) is 52.8 Å². The number of likely N-dealkylation sites (tertiary alicyclic amines) is 1. The van der Waals surface area contributed by atoms with E-state index in [1.807, 2.05) is 0 Å². The molecular formula is C11H14F3N3O2S. The molecule has 0 unspecified atom stereocenters.